The van der Waals surface area contributed by atoms with Crippen molar-refractivity contribution in [3.05, 3.63) is 82.9 Å². The summed E-state index contributed by atoms with van der Waals surface area (Å²) in [6.45, 7) is 0.676. The van der Waals surface area contributed by atoms with Crippen molar-refractivity contribution in [1.29, 1.82) is 0 Å². The fourth-order valence-corrected chi connectivity index (χ4v) is 2.17. The molecule has 0 spiro atoms. The number of benzene rings is 2. The molecule has 0 bridgehead atoms. The Morgan fingerprint density at radius 1 is 1.16 bits per heavy atom. The van der Waals surface area contributed by atoms with Crippen LogP contribution in [0.4, 0.5) is 16.2 Å². The molecule has 1 N–H and O–H groups in total. The molecule has 0 saturated carbocycles. The average molecular weight is 338 g/mol. The van der Waals surface area contributed by atoms with E-state index in [4.69, 9.17) is 4.74 Å². The quantitative estimate of drug-likeness (QED) is 0.567. The number of imidazole rings is 1. The van der Waals surface area contributed by atoms with E-state index >= 15 is 0 Å². The Balaban J connectivity index is 1.56. The maximum absolute atomic E-state index is 11.9. The molecule has 0 saturated heterocycles. The van der Waals surface area contributed by atoms with E-state index in [1.54, 1.807) is 24.7 Å². The lowest BCUT2D eigenvalue weighted by Gasteiger charge is -2.08. The molecule has 8 heteroatoms. The van der Waals surface area contributed by atoms with Gasteiger partial charge in [-0.25, -0.2) is 9.78 Å². The molecule has 2 aromatic carbocycles. The van der Waals surface area contributed by atoms with Crippen molar-refractivity contribution < 1.29 is 14.5 Å². The molecular formula is C17H14N4O4. The SMILES string of the molecule is O=C(Nc1ccc([N+](=O)[O-])cc1)Oc1ccc(Cn2ccnc2)cc1. The van der Waals surface area contributed by atoms with Gasteiger partial charge in [0.1, 0.15) is 5.75 Å². The van der Waals surface area contributed by atoms with Crippen molar-refractivity contribution in [3.8, 4) is 5.75 Å². The summed E-state index contributed by atoms with van der Waals surface area (Å²) < 4.78 is 7.11. The number of carbonyl (C=O) groups is 1. The highest BCUT2D eigenvalue weighted by molar-refractivity contribution is 5.86. The Morgan fingerprint density at radius 3 is 2.48 bits per heavy atom. The third-order valence-corrected chi connectivity index (χ3v) is 3.38. The van der Waals surface area contributed by atoms with Crippen molar-refractivity contribution in [3.63, 3.8) is 0 Å². The van der Waals surface area contributed by atoms with Gasteiger partial charge in [0.15, 0.2) is 0 Å². The zero-order valence-electron chi connectivity index (χ0n) is 13.0. The van der Waals surface area contributed by atoms with Crippen LogP contribution in [0.2, 0.25) is 0 Å². The molecule has 1 heterocycles. The van der Waals surface area contributed by atoms with Crippen LogP contribution in [-0.4, -0.2) is 20.6 Å². The van der Waals surface area contributed by atoms with Crippen LogP contribution < -0.4 is 10.1 Å². The fraction of sp³-hybridized carbons (Fsp3) is 0.0588. The summed E-state index contributed by atoms with van der Waals surface area (Å²) in [6, 6.07) is 12.6. The van der Waals surface area contributed by atoms with E-state index in [0.29, 0.717) is 18.0 Å². The first kappa shape index (κ1) is 16.2. The summed E-state index contributed by atoms with van der Waals surface area (Å²) in [5.41, 5.74) is 1.40. The number of nitro benzene ring substituents is 1. The highest BCUT2D eigenvalue weighted by atomic mass is 16.6. The number of nitrogens with zero attached hydrogens (tertiary/aromatic N) is 3. The number of nitro groups is 1. The summed E-state index contributed by atoms with van der Waals surface area (Å²) in [4.78, 5) is 25.9. The number of carbonyl (C=O) groups excluding carboxylic acids is 1. The summed E-state index contributed by atoms with van der Waals surface area (Å²) in [7, 11) is 0. The number of anilines is 1. The van der Waals surface area contributed by atoms with Crippen LogP contribution in [0.3, 0.4) is 0 Å². The summed E-state index contributed by atoms with van der Waals surface area (Å²) in [5, 5.41) is 13.1. The Labute approximate surface area is 142 Å². The van der Waals surface area contributed by atoms with Gasteiger partial charge in [-0.2, -0.15) is 0 Å². The summed E-state index contributed by atoms with van der Waals surface area (Å²) in [6.07, 6.45) is 4.63. The molecule has 0 aliphatic heterocycles. The predicted molar refractivity (Wildman–Crippen MR) is 90.5 cm³/mol. The number of aromatic nitrogens is 2. The molecule has 3 aromatic rings. The minimum atomic E-state index is -0.670. The molecule has 1 aromatic heterocycles. The number of hydrogen-bond acceptors (Lipinski definition) is 5. The maximum Gasteiger partial charge on any atom is 0.417 e. The van der Waals surface area contributed by atoms with Crippen LogP contribution in [0.25, 0.3) is 0 Å². The van der Waals surface area contributed by atoms with Crippen LogP contribution in [0.15, 0.2) is 67.3 Å². The second kappa shape index (κ2) is 7.26. The summed E-state index contributed by atoms with van der Waals surface area (Å²) >= 11 is 0. The Morgan fingerprint density at radius 2 is 1.88 bits per heavy atom. The Kier molecular flexibility index (Phi) is 4.70. The first-order valence-electron chi connectivity index (χ1n) is 7.38. The monoisotopic (exact) mass is 338 g/mol. The van der Waals surface area contributed by atoms with Gasteiger partial charge in [-0.15, -0.1) is 0 Å². The van der Waals surface area contributed by atoms with E-state index in [2.05, 4.69) is 10.3 Å². The van der Waals surface area contributed by atoms with E-state index in [1.165, 1.54) is 24.3 Å². The van der Waals surface area contributed by atoms with Crippen LogP contribution in [0.1, 0.15) is 5.56 Å². The van der Waals surface area contributed by atoms with Crippen LogP contribution in [-0.2, 0) is 6.54 Å². The first-order valence-corrected chi connectivity index (χ1v) is 7.38. The second-order valence-electron chi connectivity index (χ2n) is 5.20. The van der Waals surface area contributed by atoms with Gasteiger partial charge in [0.05, 0.1) is 11.3 Å². The van der Waals surface area contributed by atoms with Crippen molar-refractivity contribution in [2.75, 3.05) is 5.32 Å². The standard InChI is InChI=1S/C17H14N4O4/c22-17(19-14-3-5-15(6-4-14)21(23)24)25-16-7-1-13(2-8-16)11-20-10-9-18-12-20/h1-10,12H,11H2,(H,19,22). The second-order valence-corrected chi connectivity index (χ2v) is 5.20. The highest BCUT2D eigenvalue weighted by Crippen LogP contribution is 2.17. The maximum atomic E-state index is 11.9. The number of amides is 1. The minimum absolute atomic E-state index is 0.0487. The first-order chi connectivity index (χ1) is 12.1. The van der Waals surface area contributed by atoms with Gasteiger partial charge in [0.2, 0.25) is 0 Å². The van der Waals surface area contributed by atoms with E-state index in [-0.39, 0.29) is 5.69 Å². The van der Waals surface area contributed by atoms with Gasteiger partial charge >= 0.3 is 6.09 Å². The lowest BCUT2D eigenvalue weighted by Crippen LogP contribution is -2.16. The van der Waals surface area contributed by atoms with Crippen LogP contribution >= 0.6 is 0 Å². The summed E-state index contributed by atoms with van der Waals surface area (Å²) in [5.74, 6) is 0.397. The van der Waals surface area contributed by atoms with Crippen LogP contribution in [0, 0.1) is 10.1 Å². The third-order valence-electron chi connectivity index (χ3n) is 3.38. The number of hydrogen-bond donors (Lipinski definition) is 1. The van der Waals surface area contributed by atoms with Gasteiger partial charge in [0.25, 0.3) is 5.69 Å². The fourth-order valence-electron chi connectivity index (χ4n) is 2.17. The number of non-ortho nitro benzene ring substituents is 1. The highest BCUT2D eigenvalue weighted by Gasteiger charge is 2.08. The molecule has 0 aliphatic rings. The number of rotatable bonds is 5. The number of ether oxygens (including phenoxy) is 1. The van der Waals surface area contributed by atoms with Crippen molar-refractivity contribution in [2.45, 2.75) is 6.54 Å². The van der Waals surface area contributed by atoms with Gasteiger partial charge in [-0.05, 0) is 29.8 Å². The van der Waals surface area contributed by atoms with Crippen LogP contribution in [0.5, 0.6) is 5.75 Å². The molecule has 0 fully saturated rings. The van der Waals surface area contributed by atoms with Crippen molar-refractivity contribution in [1.82, 2.24) is 9.55 Å². The molecule has 3 rings (SSSR count). The topological polar surface area (TPSA) is 99.3 Å². The molecule has 0 aliphatic carbocycles. The van der Waals surface area contributed by atoms with Gasteiger partial charge < -0.3 is 9.30 Å². The molecule has 0 radical (unpaired) electrons. The van der Waals surface area contributed by atoms with E-state index < -0.39 is 11.0 Å². The Hall–Kier alpha value is -3.68. The normalized spacial score (nSPS) is 10.2. The van der Waals surface area contributed by atoms with Crippen molar-refractivity contribution >= 4 is 17.5 Å². The largest absolute Gasteiger partial charge is 0.417 e. The van der Waals surface area contributed by atoms with Gasteiger partial charge in [-0.1, -0.05) is 12.1 Å². The van der Waals surface area contributed by atoms with Crippen molar-refractivity contribution in [2.24, 2.45) is 0 Å². The minimum Gasteiger partial charge on any atom is -0.410 e. The zero-order valence-corrected chi connectivity index (χ0v) is 13.0. The zero-order chi connectivity index (χ0) is 17.6. The van der Waals surface area contributed by atoms with E-state index in [9.17, 15) is 14.9 Å². The average Bonchev–Trinajstić information content (AvgIpc) is 3.10. The number of nitrogens with one attached hydrogen (secondary N) is 1. The molecular weight excluding hydrogens is 324 g/mol. The van der Waals surface area contributed by atoms with Gasteiger partial charge in [0, 0.05) is 36.8 Å². The lowest BCUT2D eigenvalue weighted by atomic mass is 10.2. The smallest absolute Gasteiger partial charge is 0.410 e. The molecule has 0 atom stereocenters. The third kappa shape index (κ3) is 4.41. The predicted octanol–water partition coefficient (Wildman–Crippen LogP) is 3.45. The van der Waals surface area contributed by atoms with E-state index in [1.807, 2.05) is 22.9 Å². The lowest BCUT2D eigenvalue weighted by molar-refractivity contribution is -0.384. The Bertz CT molecular complexity index is 859. The molecule has 25 heavy (non-hydrogen) atoms. The van der Waals surface area contributed by atoms with Gasteiger partial charge in [-0.3, -0.25) is 15.4 Å². The molecule has 8 nitrogen and oxygen atoms in total. The van der Waals surface area contributed by atoms with E-state index in [0.717, 1.165) is 5.56 Å². The molecule has 1 amide bonds. The molecule has 0 unspecified atom stereocenters. The molecule has 126 valence electrons.